The van der Waals surface area contributed by atoms with Crippen molar-refractivity contribution in [2.75, 3.05) is 12.4 Å². The number of anilines is 1. The molecular formula is C12H21N3O. The molecule has 1 aromatic heterocycles. The molecule has 0 aromatic carbocycles. The SMILES string of the molecule is COc1cc(NC(C)C(C)(C)C)nc(C)n1. The molecule has 1 unspecified atom stereocenters. The Kier molecular flexibility index (Phi) is 3.73. The molecule has 1 N–H and O–H groups in total. The van der Waals surface area contributed by atoms with Crippen molar-refractivity contribution >= 4 is 5.82 Å². The molecule has 4 heteroatoms. The lowest BCUT2D eigenvalue weighted by molar-refractivity contribution is 0.358. The van der Waals surface area contributed by atoms with Crippen LogP contribution < -0.4 is 10.1 Å². The second-order valence-electron chi connectivity index (χ2n) is 5.07. The first kappa shape index (κ1) is 12.7. The van der Waals surface area contributed by atoms with Crippen LogP contribution in [-0.4, -0.2) is 23.1 Å². The third-order valence-corrected chi connectivity index (χ3v) is 2.69. The van der Waals surface area contributed by atoms with Gasteiger partial charge in [-0.2, -0.15) is 4.98 Å². The first-order valence-electron chi connectivity index (χ1n) is 5.49. The zero-order valence-electron chi connectivity index (χ0n) is 11.0. The third-order valence-electron chi connectivity index (χ3n) is 2.69. The van der Waals surface area contributed by atoms with Crippen molar-refractivity contribution in [2.24, 2.45) is 5.41 Å². The topological polar surface area (TPSA) is 47.0 Å². The van der Waals surface area contributed by atoms with E-state index in [1.54, 1.807) is 7.11 Å². The number of ether oxygens (including phenoxy) is 1. The Morgan fingerprint density at radius 1 is 1.31 bits per heavy atom. The molecule has 0 saturated heterocycles. The standard InChI is InChI=1S/C12H21N3O/c1-8(12(3,4)5)13-10-7-11(16-6)15-9(2)14-10/h7-8H,1-6H3,(H,13,14,15). The highest BCUT2D eigenvalue weighted by Gasteiger charge is 2.20. The van der Waals surface area contributed by atoms with Gasteiger partial charge in [0.15, 0.2) is 0 Å². The average molecular weight is 223 g/mol. The molecule has 90 valence electrons. The first-order valence-corrected chi connectivity index (χ1v) is 5.49. The second-order valence-corrected chi connectivity index (χ2v) is 5.07. The largest absolute Gasteiger partial charge is 0.481 e. The van der Waals surface area contributed by atoms with Crippen LogP contribution in [0.4, 0.5) is 5.82 Å². The molecule has 1 heterocycles. The molecular weight excluding hydrogens is 202 g/mol. The van der Waals surface area contributed by atoms with Gasteiger partial charge in [0.2, 0.25) is 5.88 Å². The maximum absolute atomic E-state index is 5.11. The highest BCUT2D eigenvalue weighted by Crippen LogP contribution is 2.23. The van der Waals surface area contributed by atoms with Gasteiger partial charge >= 0.3 is 0 Å². The fourth-order valence-corrected chi connectivity index (χ4v) is 1.16. The van der Waals surface area contributed by atoms with E-state index in [4.69, 9.17) is 4.74 Å². The summed E-state index contributed by atoms with van der Waals surface area (Å²) in [6.07, 6.45) is 0. The van der Waals surface area contributed by atoms with Crippen LogP contribution in [0, 0.1) is 12.3 Å². The van der Waals surface area contributed by atoms with Crippen molar-refractivity contribution in [3.63, 3.8) is 0 Å². The van der Waals surface area contributed by atoms with Crippen molar-refractivity contribution in [1.82, 2.24) is 9.97 Å². The monoisotopic (exact) mass is 223 g/mol. The Hall–Kier alpha value is -1.32. The summed E-state index contributed by atoms with van der Waals surface area (Å²) in [5, 5.41) is 3.37. The number of hydrogen-bond donors (Lipinski definition) is 1. The number of aryl methyl sites for hydroxylation is 1. The lowest BCUT2D eigenvalue weighted by Crippen LogP contribution is -2.31. The Labute approximate surface area is 97.5 Å². The maximum atomic E-state index is 5.11. The predicted octanol–water partition coefficient (Wildman–Crippen LogP) is 2.64. The van der Waals surface area contributed by atoms with Gasteiger partial charge in [-0.15, -0.1) is 0 Å². The molecule has 1 aromatic rings. The number of rotatable bonds is 3. The van der Waals surface area contributed by atoms with Gasteiger partial charge in [0.25, 0.3) is 0 Å². The molecule has 0 saturated carbocycles. The van der Waals surface area contributed by atoms with Gasteiger partial charge in [0.1, 0.15) is 11.6 Å². The Balaban J connectivity index is 2.85. The summed E-state index contributed by atoms with van der Waals surface area (Å²) in [5.74, 6) is 2.12. The first-order chi connectivity index (χ1) is 7.32. The number of nitrogens with one attached hydrogen (secondary N) is 1. The second kappa shape index (κ2) is 4.68. The van der Waals surface area contributed by atoms with E-state index in [2.05, 4.69) is 43.0 Å². The van der Waals surface area contributed by atoms with Gasteiger partial charge in [-0.1, -0.05) is 20.8 Å². The molecule has 0 radical (unpaired) electrons. The Morgan fingerprint density at radius 2 is 1.94 bits per heavy atom. The number of nitrogens with zero attached hydrogens (tertiary/aromatic N) is 2. The maximum Gasteiger partial charge on any atom is 0.218 e. The predicted molar refractivity (Wildman–Crippen MR) is 65.9 cm³/mol. The van der Waals surface area contributed by atoms with Gasteiger partial charge in [-0.3, -0.25) is 0 Å². The molecule has 0 spiro atoms. The number of methoxy groups -OCH3 is 1. The van der Waals surface area contributed by atoms with Crippen LogP contribution in [0.2, 0.25) is 0 Å². The summed E-state index contributed by atoms with van der Waals surface area (Å²) in [4.78, 5) is 8.48. The van der Waals surface area contributed by atoms with E-state index in [9.17, 15) is 0 Å². The van der Waals surface area contributed by atoms with E-state index in [1.165, 1.54) is 0 Å². The summed E-state index contributed by atoms with van der Waals surface area (Å²) in [5.41, 5.74) is 0.187. The van der Waals surface area contributed by atoms with Crippen LogP contribution in [-0.2, 0) is 0 Å². The summed E-state index contributed by atoms with van der Waals surface area (Å²) in [6.45, 7) is 10.6. The van der Waals surface area contributed by atoms with Crippen molar-refractivity contribution in [2.45, 2.75) is 40.7 Å². The number of hydrogen-bond acceptors (Lipinski definition) is 4. The zero-order chi connectivity index (χ0) is 12.3. The van der Waals surface area contributed by atoms with E-state index in [-0.39, 0.29) is 5.41 Å². The van der Waals surface area contributed by atoms with Crippen LogP contribution in [0.3, 0.4) is 0 Å². The fraction of sp³-hybridized carbons (Fsp3) is 0.667. The van der Waals surface area contributed by atoms with Crippen LogP contribution in [0.15, 0.2) is 6.07 Å². The summed E-state index contributed by atoms with van der Waals surface area (Å²) in [7, 11) is 1.61. The smallest absolute Gasteiger partial charge is 0.218 e. The molecule has 4 nitrogen and oxygen atoms in total. The van der Waals surface area contributed by atoms with Crippen LogP contribution in [0.1, 0.15) is 33.5 Å². The van der Waals surface area contributed by atoms with Crippen molar-refractivity contribution < 1.29 is 4.74 Å². The van der Waals surface area contributed by atoms with Gasteiger partial charge in [-0.25, -0.2) is 4.98 Å². The molecule has 0 amide bonds. The van der Waals surface area contributed by atoms with Gasteiger partial charge in [0.05, 0.1) is 7.11 Å². The summed E-state index contributed by atoms with van der Waals surface area (Å²) in [6, 6.07) is 2.14. The quantitative estimate of drug-likeness (QED) is 0.855. The van der Waals surface area contributed by atoms with E-state index in [0.29, 0.717) is 17.7 Å². The van der Waals surface area contributed by atoms with Gasteiger partial charge in [0, 0.05) is 12.1 Å². The molecule has 0 fully saturated rings. The lowest BCUT2D eigenvalue weighted by atomic mass is 9.88. The lowest BCUT2D eigenvalue weighted by Gasteiger charge is -2.28. The molecule has 0 bridgehead atoms. The molecule has 16 heavy (non-hydrogen) atoms. The number of aromatic nitrogens is 2. The molecule has 1 atom stereocenters. The fourth-order valence-electron chi connectivity index (χ4n) is 1.16. The minimum absolute atomic E-state index is 0.187. The van der Waals surface area contributed by atoms with Crippen LogP contribution >= 0.6 is 0 Å². The van der Waals surface area contributed by atoms with E-state index in [1.807, 2.05) is 13.0 Å². The molecule has 1 rings (SSSR count). The van der Waals surface area contributed by atoms with Crippen molar-refractivity contribution in [3.05, 3.63) is 11.9 Å². The van der Waals surface area contributed by atoms with Crippen molar-refractivity contribution in [1.29, 1.82) is 0 Å². The van der Waals surface area contributed by atoms with Crippen LogP contribution in [0.5, 0.6) is 5.88 Å². The van der Waals surface area contributed by atoms with Gasteiger partial charge in [-0.05, 0) is 19.3 Å². The highest BCUT2D eigenvalue weighted by atomic mass is 16.5. The average Bonchev–Trinajstić information content (AvgIpc) is 2.15. The normalized spacial score (nSPS) is 13.4. The van der Waals surface area contributed by atoms with E-state index in [0.717, 1.165) is 5.82 Å². The third kappa shape index (κ3) is 3.36. The van der Waals surface area contributed by atoms with Crippen molar-refractivity contribution in [3.8, 4) is 5.88 Å². The van der Waals surface area contributed by atoms with Crippen LogP contribution in [0.25, 0.3) is 0 Å². The summed E-state index contributed by atoms with van der Waals surface area (Å²) >= 11 is 0. The molecule has 0 aliphatic rings. The minimum atomic E-state index is 0.187. The molecule has 0 aliphatic carbocycles. The Morgan fingerprint density at radius 3 is 2.44 bits per heavy atom. The highest BCUT2D eigenvalue weighted by molar-refractivity contribution is 5.39. The van der Waals surface area contributed by atoms with E-state index < -0.39 is 0 Å². The molecule has 0 aliphatic heterocycles. The van der Waals surface area contributed by atoms with Gasteiger partial charge < -0.3 is 10.1 Å². The minimum Gasteiger partial charge on any atom is -0.481 e. The van der Waals surface area contributed by atoms with E-state index >= 15 is 0 Å². The zero-order valence-corrected chi connectivity index (χ0v) is 11.0. The summed E-state index contributed by atoms with van der Waals surface area (Å²) < 4.78 is 5.11. The Bertz CT molecular complexity index is 358.